The van der Waals surface area contributed by atoms with Crippen LogP contribution in [0.25, 0.3) is 0 Å². The first-order valence-corrected chi connectivity index (χ1v) is 11.0. The van der Waals surface area contributed by atoms with Gasteiger partial charge in [-0.3, -0.25) is 9.59 Å². The van der Waals surface area contributed by atoms with Crippen molar-refractivity contribution in [3.05, 3.63) is 23.8 Å². The second kappa shape index (κ2) is 11.4. The van der Waals surface area contributed by atoms with Crippen LogP contribution in [0.5, 0.6) is 0 Å². The lowest BCUT2D eigenvalue weighted by Crippen LogP contribution is -2.34. The summed E-state index contributed by atoms with van der Waals surface area (Å²) < 4.78 is 5.33. The lowest BCUT2D eigenvalue weighted by Gasteiger charge is -2.30. The van der Waals surface area contributed by atoms with Crippen molar-refractivity contribution >= 4 is 34.8 Å². The van der Waals surface area contributed by atoms with E-state index in [9.17, 15) is 9.59 Å². The Labute approximate surface area is 179 Å². The average molecular weight is 424 g/mol. The molecule has 0 saturated carbocycles. The number of benzene rings is 1. The molecule has 0 atom stereocenters. The highest BCUT2D eigenvalue weighted by atomic mass is 35.5. The standard InChI is InChI=1S/C22H34ClN3O3/c1-4-29-14-8-11-24-20(27)18-15-17(25-21(28)22(2,3)16-23)9-10-19(18)26-12-6-5-7-13-26/h9-10,15H,4-8,11-14,16H2,1-3H3,(H,24,27)(H,25,28). The van der Waals surface area contributed by atoms with Gasteiger partial charge in [-0.2, -0.15) is 0 Å². The number of halogens is 1. The predicted molar refractivity (Wildman–Crippen MR) is 119 cm³/mol. The fourth-order valence-corrected chi connectivity index (χ4v) is 3.30. The summed E-state index contributed by atoms with van der Waals surface area (Å²) >= 11 is 5.91. The van der Waals surface area contributed by atoms with Gasteiger partial charge in [0.15, 0.2) is 0 Å². The maximum Gasteiger partial charge on any atom is 0.253 e. The number of carbonyl (C=O) groups excluding carboxylic acids is 2. The van der Waals surface area contributed by atoms with E-state index in [-0.39, 0.29) is 17.7 Å². The number of alkyl halides is 1. The van der Waals surface area contributed by atoms with Crippen molar-refractivity contribution < 1.29 is 14.3 Å². The second-order valence-electron chi connectivity index (χ2n) is 8.06. The van der Waals surface area contributed by atoms with E-state index in [0.29, 0.717) is 31.0 Å². The topological polar surface area (TPSA) is 70.7 Å². The molecular weight excluding hydrogens is 390 g/mol. The van der Waals surface area contributed by atoms with Gasteiger partial charge >= 0.3 is 0 Å². The van der Waals surface area contributed by atoms with Gasteiger partial charge in [0.05, 0.1) is 11.0 Å². The van der Waals surface area contributed by atoms with E-state index in [4.69, 9.17) is 16.3 Å². The molecule has 0 spiro atoms. The molecule has 1 heterocycles. The van der Waals surface area contributed by atoms with Crippen LogP contribution < -0.4 is 15.5 Å². The number of carbonyl (C=O) groups is 2. The minimum atomic E-state index is -0.686. The van der Waals surface area contributed by atoms with E-state index in [1.54, 1.807) is 19.9 Å². The van der Waals surface area contributed by atoms with Gasteiger partial charge < -0.3 is 20.3 Å². The summed E-state index contributed by atoms with van der Waals surface area (Å²) in [6.45, 7) is 9.27. The minimum Gasteiger partial charge on any atom is -0.382 e. The summed E-state index contributed by atoms with van der Waals surface area (Å²) in [6, 6.07) is 5.56. The second-order valence-corrected chi connectivity index (χ2v) is 8.32. The van der Waals surface area contributed by atoms with Crippen molar-refractivity contribution in [2.24, 2.45) is 5.41 Å². The summed E-state index contributed by atoms with van der Waals surface area (Å²) in [5.41, 5.74) is 1.43. The van der Waals surface area contributed by atoms with Gasteiger partial charge in [-0.1, -0.05) is 0 Å². The molecule has 1 saturated heterocycles. The van der Waals surface area contributed by atoms with Gasteiger partial charge in [-0.15, -0.1) is 11.6 Å². The van der Waals surface area contributed by atoms with Crippen molar-refractivity contribution in [3.8, 4) is 0 Å². The van der Waals surface area contributed by atoms with Crippen LogP contribution in [-0.2, 0) is 9.53 Å². The van der Waals surface area contributed by atoms with Crippen LogP contribution in [0.2, 0.25) is 0 Å². The molecule has 0 bridgehead atoms. The van der Waals surface area contributed by atoms with Crippen molar-refractivity contribution in [1.82, 2.24) is 5.32 Å². The quantitative estimate of drug-likeness (QED) is 0.440. The van der Waals surface area contributed by atoms with E-state index in [1.165, 1.54) is 6.42 Å². The fourth-order valence-electron chi connectivity index (χ4n) is 3.18. The Bertz CT molecular complexity index is 688. The maximum absolute atomic E-state index is 12.9. The third-order valence-corrected chi connectivity index (χ3v) is 5.77. The van der Waals surface area contributed by atoms with Crippen LogP contribution >= 0.6 is 11.6 Å². The monoisotopic (exact) mass is 423 g/mol. The zero-order chi connectivity index (χ0) is 21.3. The molecular formula is C22H34ClN3O3. The molecule has 162 valence electrons. The molecule has 1 aromatic carbocycles. The third-order valence-electron chi connectivity index (χ3n) is 5.10. The number of ether oxygens (including phenoxy) is 1. The first kappa shape index (κ1) is 23.5. The lowest BCUT2D eigenvalue weighted by molar-refractivity contribution is -0.122. The van der Waals surface area contributed by atoms with Crippen molar-refractivity contribution in [2.75, 3.05) is 48.9 Å². The van der Waals surface area contributed by atoms with Crippen molar-refractivity contribution in [1.29, 1.82) is 0 Å². The number of hydrogen-bond acceptors (Lipinski definition) is 4. The summed E-state index contributed by atoms with van der Waals surface area (Å²) in [5.74, 6) is -0.0752. The van der Waals surface area contributed by atoms with E-state index in [0.717, 1.165) is 38.0 Å². The largest absolute Gasteiger partial charge is 0.382 e. The molecule has 0 unspecified atom stereocenters. The highest BCUT2D eigenvalue weighted by Crippen LogP contribution is 2.28. The Hall–Kier alpha value is -1.79. The molecule has 0 aromatic heterocycles. The zero-order valence-electron chi connectivity index (χ0n) is 17.9. The summed E-state index contributed by atoms with van der Waals surface area (Å²) in [6.07, 6.45) is 4.23. The lowest BCUT2D eigenvalue weighted by atomic mass is 9.95. The Morgan fingerprint density at radius 3 is 2.59 bits per heavy atom. The van der Waals surface area contributed by atoms with E-state index in [2.05, 4.69) is 15.5 Å². The number of nitrogens with zero attached hydrogens (tertiary/aromatic N) is 1. The molecule has 2 rings (SSSR count). The van der Waals surface area contributed by atoms with Gasteiger partial charge in [0.25, 0.3) is 5.91 Å². The summed E-state index contributed by atoms with van der Waals surface area (Å²) in [5, 5.41) is 5.88. The van der Waals surface area contributed by atoms with Gasteiger partial charge in [0.2, 0.25) is 5.91 Å². The first-order valence-electron chi connectivity index (χ1n) is 10.5. The third kappa shape index (κ3) is 6.89. The Balaban J connectivity index is 2.18. The van der Waals surface area contributed by atoms with E-state index < -0.39 is 5.41 Å². The van der Waals surface area contributed by atoms with Gasteiger partial charge in [-0.25, -0.2) is 0 Å². The van der Waals surface area contributed by atoms with Gasteiger partial charge in [-0.05, 0) is 64.7 Å². The van der Waals surface area contributed by atoms with Crippen LogP contribution in [-0.4, -0.2) is 50.5 Å². The van der Waals surface area contributed by atoms with Crippen molar-refractivity contribution in [2.45, 2.75) is 46.5 Å². The number of anilines is 2. The molecule has 1 aromatic rings. The first-order chi connectivity index (χ1) is 13.9. The van der Waals surface area contributed by atoms with Gasteiger partial charge in [0.1, 0.15) is 0 Å². The summed E-state index contributed by atoms with van der Waals surface area (Å²) in [7, 11) is 0. The van der Waals surface area contributed by atoms with Crippen LogP contribution in [0, 0.1) is 5.41 Å². The SMILES string of the molecule is CCOCCCNC(=O)c1cc(NC(=O)C(C)(C)CCl)ccc1N1CCCCC1. The highest BCUT2D eigenvalue weighted by Gasteiger charge is 2.27. The Morgan fingerprint density at radius 1 is 1.21 bits per heavy atom. The number of rotatable bonds is 10. The summed E-state index contributed by atoms with van der Waals surface area (Å²) in [4.78, 5) is 27.7. The van der Waals surface area contributed by atoms with Crippen LogP contribution in [0.4, 0.5) is 11.4 Å². The zero-order valence-corrected chi connectivity index (χ0v) is 18.6. The molecule has 2 N–H and O–H groups in total. The van der Waals surface area contributed by atoms with E-state index >= 15 is 0 Å². The average Bonchev–Trinajstić information content (AvgIpc) is 2.74. The molecule has 0 radical (unpaired) electrons. The molecule has 7 heteroatoms. The Morgan fingerprint density at radius 2 is 1.93 bits per heavy atom. The number of piperidine rings is 1. The van der Waals surface area contributed by atoms with Crippen LogP contribution in [0.1, 0.15) is 56.8 Å². The normalized spacial score (nSPS) is 14.6. The van der Waals surface area contributed by atoms with Crippen molar-refractivity contribution in [3.63, 3.8) is 0 Å². The number of hydrogen-bond donors (Lipinski definition) is 2. The molecule has 1 aliphatic heterocycles. The molecule has 6 nitrogen and oxygen atoms in total. The number of nitrogens with one attached hydrogen (secondary N) is 2. The Kier molecular flexibility index (Phi) is 9.24. The minimum absolute atomic E-state index is 0.130. The van der Waals surface area contributed by atoms with E-state index in [1.807, 2.05) is 19.1 Å². The van der Waals surface area contributed by atoms with Crippen LogP contribution in [0.15, 0.2) is 18.2 Å². The smallest absolute Gasteiger partial charge is 0.253 e. The molecule has 1 fully saturated rings. The molecule has 29 heavy (non-hydrogen) atoms. The molecule has 2 amide bonds. The maximum atomic E-state index is 12.9. The molecule has 0 aliphatic carbocycles. The van der Waals surface area contributed by atoms with Gasteiger partial charge in [0, 0.05) is 50.1 Å². The number of amides is 2. The highest BCUT2D eigenvalue weighted by molar-refractivity contribution is 6.20. The van der Waals surface area contributed by atoms with Crippen LogP contribution in [0.3, 0.4) is 0 Å². The fraction of sp³-hybridized carbons (Fsp3) is 0.636. The predicted octanol–water partition coefficient (Wildman–Crippen LogP) is 4.04. The molecule has 1 aliphatic rings.